The Bertz CT molecular complexity index is 1010. The van der Waals surface area contributed by atoms with Crippen molar-refractivity contribution in [3.63, 3.8) is 0 Å². The van der Waals surface area contributed by atoms with E-state index in [0.717, 1.165) is 16.5 Å². The lowest BCUT2D eigenvalue weighted by molar-refractivity contribution is -0.156. The highest BCUT2D eigenvalue weighted by atomic mass is 16.5. The van der Waals surface area contributed by atoms with Gasteiger partial charge in [-0.05, 0) is 31.4 Å². The number of benzene rings is 2. The molecule has 0 spiro atoms. The third-order valence-electron chi connectivity index (χ3n) is 4.67. The van der Waals surface area contributed by atoms with Crippen LogP contribution in [-0.2, 0) is 20.7 Å². The Labute approximate surface area is 174 Å². The summed E-state index contributed by atoms with van der Waals surface area (Å²) in [6.07, 6.45) is 2.22. The summed E-state index contributed by atoms with van der Waals surface area (Å²) in [5, 5.41) is 5.83. The molecule has 3 rings (SSSR count). The molecule has 3 aromatic rings. The third kappa shape index (κ3) is 5.47. The standard InChI is InChI=1S/C23H25N3O4/c1-2-24-23(29)26-22(28)21(16-9-4-3-5-10-16)30-20(27)14-8-11-17-15-25-19-13-7-6-12-18(17)19/h3-7,9-10,12-13,15,21,25H,2,8,11,14H2,1H3,(H2,24,26,28,29)/t21-/m1/s1. The van der Waals surface area contributed by atoms with E-state index in [1.165, 1.54) is 0 Å². The summed E-state index contributed by atoms with van der Waals surface area (Å²) in [6.45, 7) is 2.12. The van der Waals surface area contributed by atoms with Crippen LogP contribution < -0.4 is 10.6 Å². The van der Waals surface area contributed by atoms with Crippen LogP contribution in [0, 0.1) is 0 Å². The summed E-state index contributed by atoms with van der Waals surface area (Å²) in [5.41, 5.74) is 2.69. The second-order valence-electron chi connectivity index (χ2n) is 6.84. The van der Waals surface area contributed by atoms with Crippen molar-refractivity contribution in [3.05, 3.63) is 71.9 Å². The van der Waals surface area contributed by atoms with Crippen LogP contribution in [0.2, 0.25) is 0 Å². The Hall–Kier alpha value is -3.61. The molecule has 1 atom stereocenters. The number of H-pyrrole nitrogens is 1. The molecule has 0 saturated heterocycles. The van der Waals surface area contributed by atoms with Gasteiger partial charge in [0.2, 0.25) is 6.10 Å². The number of esters is 1. The highest BCUT2D eigenvalue weighted by molar-refractivity contribution is 5.97. The molecule has 3 amide bonds. The molecule has 0 bridgehead atoms. The maximum Gasteiger partial charge on any atom is 0.321 e. The van der Waals surface area contributed by atoms with Gasteiger partial charge < -0.3 is 15.0 Å². The fourth-order valence-corrected chi connectivity index (χ4v) is 3.23. The average molecular weight is 407 g/mol. The van der Waals surface area contributed by atoms with Crippen LogP contribution in [0.15, 0.2) is 60.8 Å². The van der Waals surface area contributed by atoms with Crippen molar-refractivity contribution in [3.8, 4) is 0 Å². The zero-order valence-electron chi connectivity index (χ0n) is 16.8. The number of amides is 3. The van der Waals surface area contributed by atoms with Gasteiger partial charge in [-0.1, -0.05) is 48.5 Å². The number of carbonyl (C=O) groups is 3. The van der Waals surface area contributed by atoms with Gasteiger partial charge in [0.25, 0.3) is 5.91 Å². The van der Waals surface area contributed by atoms with Crippen molar-refractivity contribution in [1.29, 1.82) is 0 Å². The van der Waals surface area contributed by atoms with Gasteiger partial charge in [0, 0.05) is 35.6 Å². The van der Waals surface area contributed by atoms with E-state index in [2.05, 4.69) is 15.6 Å². The number of urea groups is 1. The minimum Gasteiger partial charge on any atom is -0.447 e. The summed E-state index contributed by atoms with van der Waals surface area (Å²) >= 11 is 0. The minimum absolute atomic E-state index is 0.164. The number of carbonyl (C=O) groups excluding carboxylic acids is 3. The summed E-state index contributed by atoms with van der Waals surface area (Å²) in [4.78, 5) is 39.9. The molecule has 0 radical (unpaired) electrons. The quantitative estimate of drug-likeness (QED) is 0.497. The lowest BCUT2D eigenvalue weighted by Crippen LogP contribution is -2.42. The average Bonchev–Trinajstić information content (AvgIpc) is 3.16. The Morgan fingerprint density at radius 3 is 2.53 bits per heavy atom. The molecule has 0 aliphatic rings. The molecule has 0 saturated carbocycles. The highest BCUT2D eigenvalue weighted by Gasteiger charge is 2.26. The molecule has 7 heteroatoms. The van der Waals surface area contributed by atoms with E-state index in [0.29, 0.717) is 24.9 Å². The molecule has 0 unspecified atom stereocenters. The first-order valence-electron chi connectivity index (χ1n) is 9.96. The molecule has 0 aliphatic carbocycles. The number of aromatic amines is 1. The van der Waals surface area contributed by atoms with Crippen molar-refractivity contribution in [1.82, 2.24) is 15.6 Å². The van der Waals surface area contributed by atoms with Gasteiger partial charge in [-0.15, -0.1) is 0 Å². The number of aromatic nitrogens is 1. The molecular formula is C23H25N3O4. The lowest BCUT2D eigenvalue weighted by Gasteiger charge is -2.17. The van der Waals surface area contributed by atoms with E-state index < -0.39 is 24.0 Å². The van der Waals surface area contributed by atoms with E-state index in [1.54, 1.807) is 37.3 Å². The zero-order valence-corrected chi connectivity index (χ0v) is 16.8. The monoisotopic (exact) mass is 407 g/mol. The number of hydrogen-bond donors (Lipinski definition) is 3. The zero-order chi connectivity index (χ0) is 21.3. The van der Waals surface area contributed by atoms with E-state index in [-0.39, 0.29) is 6.42 Å². The normalized spacial score (nSPS) is 11.6. The van der Waals surface area contributed by atoms with Crippen LogP contribution in [0.3, 0.4) is 0 Å². The fraction of sp³-hybridized carbons (Fsp3) is 0.261. The van der Waals surface area contributed by atoms with Gasteiger partial charge in [0.1, 0.15) is 0 Å². The van der Waals surface area contributed by atoms with Gasteiger partial charge >= 0.3 is 12.0 Å². The maximum absolute atomic E-state index is 12.5. The number of nitrogens with one attached hydrogen (secondary N) is 3. The van der Waals surface area contributed by atoms with Crippen LogP contribution in [0.4, 0.5) is 4.79 Å². The number of rotatable bonds is 8. The number of fused-ring (bicyclic) bond motifs is 1. The molecule has 3 N–H and O–H groups in total. The fourth-order valence-electron chi connectivity index (χ4n) is 3.23. The van der Waals surface area contributed by atoms with Gasteiger partial charge in [-0.3, -0.25) is 14.9 Å². The number of ether oxygens (including phenoxy) is 1. The molecule has 1 aromatic heterocycles. The SMILES string of the molecule is CCNC(=O)NC(=O)[C@H](OC(=O)CCCc1c[nH]c2ccccc12)c1ccccc1. The molecule has 7 nitrogen and oxygen atoms in total. The summed E-state index contributed by atoms with van der Waals surface area (Å²) in [6, 6.07) is 16.0. The predicted molar refractivity (Wildman–Crippen MR) is 114 cm³/mol. The molecule has 30 heavy (non-hydrogen) atoms. The molecule has 0 fully saturated rings. The second kappa shape index (κ2) is 10.2. The molecule has 156 valence electrons. The summed E-state index contributed by atoms with van der Waals surface area (Å²) < 4.78 is 5.45. The van der Waals surface area contributed by atoms with Crippen molar-refractivity contribution in [2.45, 2.75) is 32.3 Å². The second-order valence-corrected chi connectivity index (χ2v) is 6.84. The summed E-state index contributed by atoms with van der Waals surface area (Å²) in [7, 11) is 0. The Morgan fingerprint density at radius 1 is 1.03 bits per heavy atom. The Kier molecular flexibility index (Phi) is 7.21. The number of para-hydroxylation sites is 1. The van der Waals surface area contributed by atoms with Crippen molar-refractivity contribution in [2.24, 2.45) is 0 Å². The lowest BCUT2D eigenvalue weighted by atomic mass is 10.1. The first-order valence-corrected chi connectivity index (χ1v) is 9.96. The van der Waals surface area contributed by atoms with Gasteiger partial charge in [0.15, 0.2) is 0 Å². The third-order valence-corrected chi connectivity index (χ3v) is 4.67. The van der Waals surface area contributed by atoms with E-state index in [9.17, 15) is 14.4 Å². The van der Waals surface area contributed by atoms with Crippen LogP contribution in [0.5, 0.6) is 0 Å². The van der Waals surface area contributed by atoms with Crippen LogP contribution in [0.25, 0.3) is 10.9 Å². The molecule has 2 aromatic carbocycles. The largest absolute Gasteiger partial charge is 0.447 e. The van der Waals surface area contributed by atoms with E-state index >= 15 is 0 Å². The summed E-state index contributed by atoms with van der Waals surface area (Å²) in [5.74, 6) is -1.17. The smallest absolute Gasteiger partial charge is 0.321 e. The minimum atomic E-state index is -1.19. The van der Waals surface area contributed by atoms with Crippen molar-refractivity contribution >= 4 is 28.8 Å². The van der Waals surface area contributed by atoms with Crippen LogP contribution >= 0.6 is 0 Å². The van der Waals surface area contributed by atoms with E-state index in [4.69, 9.17) is 4.74 Å². The number of imide groups is 1. The van der Waals surface area contributed by atoms with E-state index in [1.807, 2.05) is 30.5 Å². The molecular weight excluding hydrogens is 382 g/mol. The Morgan fingerprint density at radius 2 is 1.77 bits per heavy atom. The first kappa shape index (κ1) is 21.1. The molecule has 1 heterocycles. The molecule has 0 aliphatic heterocycles. The predicted octanol–water partition coefficient (Wildman–Crippen LogP) is 3.62. The Balaban J connectivity index is 1.60. The number of aryl methyl sites for hydroxylation is 1. The first-order chi connectivity index (χ1) is 14.6. The van der Waals surface area contributed by atoms with Gasteiger partial charge in [0.05, 0.1) is 0 Å². The van der Waals surface area contributed by atoms with Crippen molar-refractivity contribution < 1.29 is 19.1 Å². The van der Waals surface area contributed by atoms with Gasteiger partial charge in [-0.25, -0.2) is 4.79 Å². The van der Waals surface area contributed by atoms with Crippen molar-refractivity contribution in [2.75, 3.05) is 6.54 Å². The van der Waals surface area contributed by atoms with Crippen LogP contribution in [-0.4, -0.2) is 29.4 Å². The number of hydrogen-bond acceptors (Lipinski definition) is 4. The van der Waals surface area contributed by atoms with Gasteiger partial charge in [-0.2, -0.15) is 0 Å². The topological polar surface area (TPSA) is 100 Å². The maximum atomic E-state index is 12.5. The van der Waals surface area contributed by atoms with Crippen LogP contribution in [0.1, 0.15) is 37.0 Å². The highest BCUT2D eigenvalue weighted by Crippen LogP contribution is 2.21.